The number of ether oxygens (including phenoxy) is 1. The van der Waals surface area contributed by atoms with Crippen LogP contribution >= 0.6 is 0 Å². The summed E-state index contributed by atoms with van der Waals surface area (Å²) in [5, 5.41) is 2.92. The molecule has 0 unspecified atom stereocenters. The lowest BCUT2D eigenvalue weighted by atomic mass is 9.95. The smallest absolute Gasteiger partial charge is 0.416 e. The first kappa shape index (κ1) is 24.9. The van der Waals surface area contributed by atoms with Crippen LogP contribution in [0.1, 0.15) is 28.8 Å². The van der Waals surface area contributed by atoms with E-state index >= 15 is 0 Å². The number of anilines is 1. The second-order valence-corrected chi connectivity index (χ2v) is 7.76. The third-order valence-electron chi connectivity index (χ3n) is 5.48. The molecule has 11 heteroatoms. The molecule has 1 fully saturated rings. The van der Waals surface area contributed by atoms with Crippen LogP contribution in [0.3, 0.4) is 0 Å². The van der Waals surface area contributed by atoms with Crippen LogP contribution in [0.4, 0.5) is 18.9 Å². The number of carbonyl (C=O) groups is 3. The maximum absolute atomic E-state index is 12.7. The number of rotatable bonds is 6. The van der Waals surface area contributed by atoms with Gasteiger partial charge in [0.25, 0.3) is 11.8 Å². The molecule has 0 bridgehead atoms. The summed E-state index contributed by atoms with van der Waals surface area (Å²) in [5.41, 5.74) is 4.80. The molecule has 1 aliphatic heterocycles. The zero-order valence-corrected chi connectivity index (χ0v) is 18.4. The summed E-state index contributed by atoms with van der Waals surface area (Å²) in [6.07, 6.45) is -3.72. The monoisotopic (exact) mass is 478 g/mol. The van der Waals surface area contributed by atoms with Gasteiger partial charge in [-0.2, -0.15) is 13.2 Å². The van der Waals surface area contributed by atoms with Crippen molar-refractivity contribution in [3.05, 3.63) is 59.7 Å². The molecule has 8 nitrogen and oxygen atoms in total. The van der Waals surface area contributed by atoms with Crippen molar-refractivity contribution in [2.45, 2.75) is 19.0 Å². The molecule has 182 valence electrons. The molecule has 1 saturated heterocycles. The van der Waals surface area contributed by atoms with Crippen molar-refractivity contribution in [3.8, 4) is 5.75 Å². The highest BCUT2D eigenvalue weighted by Crippen LogP contribution is 2.29. The Balaban J connectivity index is 1.39. The minimum atomic E-state index is -4.46. The van der Waals surface area contributed by atoms with Crippen LogP contribution in [-0.4, -0.2) is 49.4 Å². The van der Waals surface area contributed by atoms with Crippen molar-refractivity contribution in [2.24, 2.45) is 5.92 Å². The molecule has 34 heavy (non-hydrogen) atoms. The fourth-order valence-corrected chi connectivity index (χ4v) is 3.50. The summed E-state index contributed by atoms with van der Waals surface area (Å²) in [5.74, 6) is -0.884. The molecule has 0 saturated carbocycles. The van der Waals surface area contributed by atoms with Gasteiger partial charge in [-0.3, -0.25) is 25.2 Å². The van der Waals surface area contributed by atoms with Crippen LogP contribution < -0.4 is 20.9 Å². The SMILES string of the molecule is COc1ccc(NCC(=O)NNC(=O)C2CCN(C(=O)c3ccc(C(F)(F)F)cc3)CC2)cc1. The van der Waals surface area contributed by atoms with Crippen LogP contribution in [0.5, 0.6) is 5.75 Å². The van der Waals surface area contributed by atoms with E-state index in [-0.39, 0.29) is 37.0 Å². The largest absolute Gasteiger partial charge is 0.497 e. The molecule has 2 aromatic carbocycles. The van der Waals surface area contributed by atoms with E-state index < -0.39 is 23.6 Å². The zero-order chi connectivity index (χ0) is 24.7. The second kappa shape index (κ2) is 10.9. The number of nitrogens with zero attached hydrogens (tertiary/aromatic N) is 1. The van der Waals surface area contributed by atoms with Crippen molar-refractivity contribution in [3.63, 3.8) is 0 Å². The fraction of sp³-hybridized carbons (Fsp3) is 0.348. The summed E-state index contributed by atoms with van der Waals surface area (Å²) in [6, 6.07) is 11.1. The van der Waals surface area contributed by atoms with Gasteiger partial charge in [0.15, 0.2) is 0 Å². The maximum atomic E-state index is 12.7. The molecular formula is C23H25F3N4O4. The first-order valence-electron chi connectivity index (χ1n) is 10.6. The molecule has 1 heterocycles. The maximum Gasteiger partial charge on any atom is 0.416 e. The Kier molecular flexibility index (Phi) is 7.98. The molecule has 0 atom stereocenters. The number of carbonyl (C=O) groups excluding carboxylic acids is 3. The Labute approximate surface area is 194 Å². The van der Waals surface area contributed by atoms with E-state index in [1.807, 2.05) is 0 Å². The third-order valence-corrected chi connectivity index (χ3v) is 5.48. The summed E-state index contributed by atoms with van der Waals surface area (Å²) >= 11 is 0. The van der Waals surface area contributed by atoms with Gasteiger partial charge >= 0.3 is 6.18 Å². The summed E-state index contributed by atoms with van der Waals surface area (Å²) in [6.45, 7) is 0.516. The quantitative estimate of drug-likeness (QED) is 0.555. The van der Waals surface area contributed by atoms with Crippen molar-refractivity contribution in [1.29, 1.82) is 0 Å². The molecule has 3 N–H and O–H groups in total. The third kappa shape index (κ3) is 6.63. The Morgan fingerprint density at radius 1 is 0.971 bits per heavy atom. The summed E-state index contributed by atoms with van der Waals surface area (Å²) < 4.78 is 43.1. The number of likely N-dealkylation sites (tertiary alicyclic amines) is 1. The lowest BCUT2D eigenvalue weighted by molar-refractivity contribution is -0.137. The number of hydrazine groups is 1. The van der Waals surface area contributed by atoms with Crippen LogP contribution in [0.2, 0.25) is 0 Å². The van der Waals surface area contributed by atoms with Crippen LogP contribution in [0, 0.1) is 5.92 Å². The second-order valence-electron chi connectivity index (χ2n) is 7.76. The number of alkyl halides is 3. The van der Waals surface area contributed by atoms with E-state index in [1.165, 1.54) is 4.90 Å². The number of benzene rings is 2. The molecule has 0 spiro atoms. The number of hydrogen-bond donors (Lipinski definition) is 3. The average molecular weight is 478 g/mol. The van der Waals surface area contributed by atoms with Gasteiger partial charge in [-0.1, -0.05) is 0 Å². The number of amides is 3. The zero-order valence-electron chi connectivity index (χ0n) is 18.4. The van der Waals surface area contributed by atoms with Crippen LogP contribution in [0.25, 0.3) is 0 Å². The number of piperidine rings is 1. The Hall–Kier alpha value is -3.76. The molecule has 3 amide bonds. The summed E-state index contributed by atoms with van der Waals surface area (Å²) in [4.78, 5) is 38.4. The van der Waals surface area contributed by atoms with Crippen molar-refractivity contribution >= 4 is 23.4 Å². The minimum Gasteiger partial charge on any atom is -0.497 e. The fourth-order valence-electron chi connectivity index (χ4n) is 3.50. The first-order chi connectivity index (χ1) is 16.2. The molecule has 0 radical (unpaired) electrons. The molecule has 0 aliphatic carbocycles. The van der Waals surface area contributed by atoms with Gasteiger partial charge in [-0.05, 0) is 61.4 Å². The Morgan fingerprint density at radius 3 is 2.15 bits per heavy atom. The van der Waals surface area contributed by atoms with Crippen LogP contribution in [-0.2, 0) is 15.8 Å². The average Bonchev–Trinajstić information content (AvgIpc) is 2.85. The van der Waals surface area contributed by atoms with Gasteiger partial charge in [-0.15, -0.1) is 0 Å². The topological polar surface area (TPSA) is 99.8 Å². The van der Waals surface area contributed by atoms with Gasteiger partial charge in [0.05, 0.1) is 19.2 Å². The van der Waals surface area contributed by atoms with Gasteiger partial charge in [0, 0.05) is 30.3 Å². The van der Waals surface area contributed by atoms with E-state index in [2.05, 4.69) is 16.2 Å². The predicted molar refractivity (Wildman–Crippen MR) is 118 cm³/mol. The van der Waals surface area contributed by atoms with Gasteiger partial charge in [-0.25, -0.2) is 0 Å². The number of halogens is 3. The Morgan fingerprint density at radius 2 is 1.59 bits per heavy atom. The minimum absolute atomic E-state index is 0.0489. The van der Waals surface area contributed by atoms with Crippen LogP contribution in [0.15, 0.2) is 48.5 Å². The van der Waals surface area contributed by atoms with Crippen molar-refractivity contribution in [1.82, 2.24) is 15.8 Å². The van der Waals surface area contributed by atoms with Crippen molar-refractivity contribution < 1.29 is 32.3 Å². The standard InChI is InChI=1S/C23H25F3N4O4/c1-34-19-8-6-18(7-9-19)27-14-20(31)28-29-21(32)15-10-12-30(13-11-15)22(33)16-2-4-17(5-3-16)23(24,25)26/h2-9,15,27H,10-14H2,1H3,(H,28,31)(H,29,32). The Bertz CT molecular complexity index is 1000. The molecule has 3 rings (SSSR count). The predicted octanol–water partition coefficient (Wildman–Crippen LogP) is 2.83. The van der Waals surface area contributed by atoms with Gasteiger partial charge in [0.1, 0.15) is 5.75 Å². The highest BCUT2D eigenvalue weighted by molar-refractivity contribution is 5.94. The molecule has 1 aliphatic rings. The lowest BCUT2D eigenvalue weighted by Crippen LogP contribution is -2.49. The van der Waals surface area contributed by atoms with E-state index in [4.69, 9.17) is 4.74 Å². The van der Waals surface area contributed by atoms with Gasteiger partial charge < -0.3 is 15.0 Å². The highest BCUT2D eigenvalue weighted by atomic mass is 19.4. The molecular weight excluding hydrogens is 453 g/mol. The van der Waals surface area contributed by atoms with E-state index in [0.29, 0.717) is 24.3 Å². The first-order valence-corrected chi connectivity index (χ1v) is 10.6. The van der Waals surface area contributed by atoms with Gasteiger partial charge in [0.2, 0.25) is 5.91 Å². The van der Waals surface area contributed by atoms with E-state index in [9.17, 15) is 27.6 Å². The number of hydrogen-bond acceptors (Lipinski definition) is 5. The normalized spacial score (nSPS) is 14.3. The van der Waals surface area contributed by atoms with Crippen molar-refractivity contribution in [2.75, 3.05) is 32.1 Å². The molecule has 0 aromatic heterocycles. The highest BCUT2D eigenvalue weighted by Gasteiger charge is 2.31. The lowest BCUT2D eigenvalue weighted by Gasteiger charge is -2.31. The number of methoxy groups -OCH3 is 1. The molecule has 2 aromatic rings. The van der Waals surface area contributed by atoms with E-state index in [0.717, 1.165) is 24.3 Å². The van der Waals surface area contributed by atoms with E-state index in [1.54, 1.807) is 31.4 Å². The number of nitrogens with one attached hydrogen (secondary N) is 3. The summed E-state index contributed by atoms with van der Waals surface area (Å²) in [7, 11) is 1.56.